The lowest BCUT2D eigenvalue weighted by Crippen LogP contribution is -2.20. The number of hydrogen-bond donors (Lipinski definition) is 2. The van der Waals surface area contributed by atoms with Crippen LogP contribution >= 0.6 is 0 Å². The third kappa shape index (κ3) is 2.19. The molecule has 0 amide bonds. The Morgan fingerprint density at radius 2 is 1.82 bits per heavy atom. The number of nitrogens with one attached hydrogen (secondary N) is 1. The molecule has 110 valence electrons. The number of aromatic nitrogens is 1. The summed E-state index contributed by atoms with van der Waals surface area (Å²) >= 11 is 0. The van der Waals surface area contributed by atoms with Gasteiger partial charge in [0.1, 0.15) is 5.82 Å². The van der Waals surface area contributed by atoms with Gasteiger partial charge in [0, 0.05) is 29.2 Å². The molecule has 3 nitrogen and oxygen atoms in total. The first-order valence-electron chi connectivity index (χ1n) is 7.71. The fourth-order valence-electron chi connectivity index (χ4n) is 3.15. The quantitative estimate of drug-likeness (QED) is 0.715. The van der Waals surface area contributed by atoms with Gasteiger partial charge in [0.05, 0.1) is 0 Å². The smallest absolute Gasteiger partial charge is 0.135 e. The van der Waals surface area contributed by atoms with Crippen LogP contribution in [0.5, 0.6) is 0 Å². The molecule has 0 saturated heterocycles. The molecule has 3 N–H and O–H groups in total. The van der Waals surface area contributed by atoms with Crippen LogP contribution in [-0.4, -0.2) is 11.5 Å². The fourth-order valence-corrected chi connectivity index (χ4v) is 3.15. The molecule has 3 aromatic rings. The molecule has 1 aliphatic rings. The molecule has 22 heavy (non-hydrogen) atoms. The molecule has 1 aliphatic carbocycles. The molecule has 0 aliphatic heterocycles. The largest absolute Gasteiger partial charge is 0.398 e. The molecule has 1 heterocycles. The van der Waals surface area contributed by atoms with Crippen molar-refractivity contribution >= 4 is 22.3 Å². The monoisotopic (exact) mass is 289 g/mol. The van der Waals surface area contributed by atoms with Crippen LogP contribution in [0, 0.1) is 0 Å². The van der Waals surface area contributed by atoms with Crippen LogP contribution in [0.3, 0.4) is 0 Å². The average molecular weight is 289 g/mol. The number of fused-ring (bicyclic) bond motifs is 1. The molecule has 0 atom stereocenters. The van der Waals surface area contributed by atoms with Gasteiger partial charge in [0.15, 0.2) is 0 Å². The first-order valence-corrected chi connectivity index (χ1v) is 7.71. The number of nitrogens with two attached hydrogens (primary N) is 1. The Morgan fingerprint density at radius 3 is 2.59 bits per heavy atom. The Balaban J connectivity index is 1.63. The van der Waals surface area contributed by atoms with Crippen molar-refractivity contribution in [3.63, 3.8) is 0 Å². The summed E-state index contributed by atoms with van der Waals surface area (Å²) in [6, 6.07) is 18.7. The number of pyridine rings is 1. The van der Waals surface area contributed by atoms with Crippen molar-refractivity contribution < 1.29 is 0 Å². The molecule has 0 radical (unpaired) electrons. The first kappa shape index (κ1) is 13.1. The van der Waals surface area contributed by atoms with E-state index < -0.39 is 0 Å². The maximum absolute atomic E-state index is 6.14. The molecule has 4 rings (SSSR count). The van der Waals surface area contributed by atoms with E-state index in [0.29, 0.717) is 0 Å². The van der Waals surface area contributed by atoms with Gasteiger partial charge in [0.25, 0.3) is 0 Å². The van der Waals surface area contributed by atoms with Crippen molar-refractivity contribution in [2.45, 2.75) is 18.3 Å². The lowest BCUT2D eigenvalue weighted by molar-refractivity contribution is 0.731. The third-order valence-electron chi connectivity index (χ3n) is 4.66. The summed E-state index contributed by atoms with van der Waals surface area (Å²) in [4.78, 5) is 4.50. The van der Waals surface area contributed by atoms with E-state index in [0.717, 1.165) is 28.8 Å². The minimum absolute atomic E-state index is 0.259. The van der Waals surface area contributed by atoms with Gasteiger partial charge in [-0.1, -0.05) is 42.5 Å². The molecular weight excluding hydrogens is 270 g/mol. The summed E-state index contributed by atoms with van der Waals surface area (Å²) in [5, 5.41) is 5.69. The number of rotatable bonds is 4. The summed E-state index contributed by atoms with van der Waals surface area (Å²) in [5.74, 6) is 0.887. The number of hydrogen-bond acceptors (Lipinski definition) is 3. The minimum Gasteiger partial charge on any atom is -0.398 e. The number of benzene rings is 2. The molecule has 3 heteroatoms. The molecule has 2 aromatic carbocycles. The summed E-state index contributed by atoms with van der Waals surface area (Å²) in [7, 11) is 0. The zero-order chi connectivity index (χ0) is 15.0. The van der Waals surface area contributed by atoms with Crippen molar-refractivity contribution in [2.24, 2.45) is 0 Å². The fraction of sp³-hybridized carbons (Fsp3) is 0.211. The Hall–Kier alpha value is -2.55. The normalized spacial score (nSPS) is 15.6. The Morgan fingerprint density at radius 1 is 1.00 bits per heavy atom. The van der Waals surface area contributed by atoms with Crippen molar-refractivity contribution in [2.75, 3.05) is 17.6 Å². The lowest BCUT2D eigenvalue weighted by atomic mass is 9.96. The summed E-state index contributed by atoms with van der Waals surface area (Å²) in [5.41, 5.74) is 8.59. The second kappa shape index (κ2) is 5.02. The number of anilines is 2. The zero-order valence-corrected chi connectivity index (χ0v) is 12.4. The predicted molar refractivity (Wildman–Crippen MR) is 92.0 cm³/mol. The summed E-state index contributed by atoms with van der Waals surface area (Å²) in [6.07, 6.45) is 4.29. The van der Waals surface area contributed by atoms with E-state index in [1.165, 1.54) is 18.4 Å². The Kier molecular flexibility index (Phi) is 3.00. The van der Waals surface area contributed by atoms with Gasteiger partial charge < -0.3 is 11.1 Å². The SMILES string of the molecule is Nc1cccc2ccnc(NCC3(c4ccccc4)CC3)c12. The first-order chi connectivity index (χ1) is 10.8. The zero-order valence-electron chi connectivity index (χ0n) is 12.4. The summed E-state index contributed by atoms with van der Waals surface area (Å²) < 4.78 is 0. The Labute approximate surface area is 130 Å². The van der Waals surface area contributed by atoms with E-state index in [1.807, 2.05) is 24.4 Å². The van der Waals surface area contributed by atoms with E-state index in [4.69, 9.17) is 5.73 Å². The highest BCUT2D eigenvalue weighted by Gasteiger charge is 2.43. The summed E-state index contributed by atoms with van der Waals surface area (Å²) in [6.45, 7) is 0.900. The van der Waals surface area contributed by atoms with E-state index in [1.54, 1.807) is 0 Å². The standard InChI is InChI=1S/C19H19N3/c20-16-8-4-5-14-9-12-21-18(17(14)16)22-13-19(10-11-19)15-6-2-1-3-7-15/h1-9,12H,10-11,13,20H2,(H,21,22). The molecule has 0 spiro atoms. The second-order valence-electron chi connectivity index (χ2n) is 6.10. The molecule has 1 saturated carbocycles. The highest BCUT2D eigenvalue weighted by molar-refractivity contribution is 6.00. The molecule has 0 bridgehead atoms. The topological polar surface area (TPSA) is 50.9 Å². The van der Waals surface area contributed by atoms with E-state index in [2.05, 4.69) is 46.7 Å². The van der Waals surface area contributed by atoms with Crippen LogP contribution in [0.15, 0.2) is 60.8 Å². The highest BCUT2D eigenvalue weighted by atomic mass is 15.0. The maximum Gasteiger partial charge on any atom is 0.135 e. The van der Waals surface area contributed by atoms with E-state index in [-0.39, 0.29) is 5.41 Å². The highest BCUT2D eigenvalue weighted by Crippen LogP contribution is 2.48. The van der Waals surface area contributed by atoms with Gasteiger partial charge in [-0.25, -0.2) is 4.98 Å². The predicted octanol–water partition coefficient (Wildman–Crippen LogP) is 3.96. The van der Waals surface area contributed by atoms with Crippen molar-refractivity contribution in [1.82, 2.24) is 4.98 Å². The number of nitrogen functional groups attached to an aromatic ring is 1. The van der Waals surface area contributed by atoms with Gasteiger partial charge in [0.2, 0.25) is 0 Å². The van der Waals surface area contributed by atoms with Gasteiger partial charge >= 0.3 is 0 Å². The van der Waals surface area contributed by atoms with Gasteiger partial charge in [-0.3, -0.25) is 0 Å². The van der Waals surface area contributed by atoms with Crippen LogP contribution in [-0.2, 0) is 5.41 Å². The molecule has 1 fully saturated rings. The van der Waals surface area contributed by atoms with Crippen LogP contribution in [0.1, 0.15) is 18.4 Å². The van der Waals surface area contributed by atoms with Gasteiger partial charge in [-0.2, -0.15) is 0 Å². The van der Waals surface area contributed by atoms with Crippen LogP contribution in [0.25, 0.3) is 10.8 Å². The van der Waals surface area contributed by atoms with Crippen LogP contribution < -0.4 is 11.1 Å². The average Bonchev–Trinajstić information content (AvgIpc) is 3.35. The van der Waals surface area contributed by atoms with Crippen molar-refractivity contribution in [3.05, 3.63) is 66.4 Å². The second-order valence-corrected chi connectivity index (χ2v) is 6.10. The molecule has 1 aromatic heterocycles. The van der Waals surface area contributed by atoms with Gasteiger partial charge in [-0.15, -0.1) is 0 Å². The van der Waals surface area contributed by atoms with Crippen LogP contribution in [0.2, 0.25) is 0 Å². The maximum atomic E-state index is 6.14. The third-order valence-corrected chi connectivity index (χ3v) is 4.66. The van der Waals surface area contributed by atoms with E-state index in [9.17, 15) is 0 Å². The van der Waals surface area contributed by atoms with Gasteiger partial charge in [-0.05, 0) is 35.9 Å². The Bertz CT molecular complexity index is 802. The number of nitrogens with zero attached hydrogens (tertiary/aromatic N) is 1. The minimum atomic E-state index is 0.259. The lowest BCUT2D eigenvalue weighted by Gasteiger charge is -2.18. The van der Waals surface area contributed by atoms with E-state index >= 15 is 0 Å². The van der Waals surface area contributed by atoms with Crippen molar-refractivity contribution in [1.29, 1.82) is 0 Å². The van der Waals surface area contributed by atoms with Crippen molar-refractivity contribution in [3.8, 4) is 0 Å². The molecule has 0 unspecified atom stereocenters. The van der Waals surface area contributed by atoms with Crippen LogP contribution in [0.4, 0.5) is 11.5 Å². The molecular formula is C19H19N3.